The van der Waals surface area contributed by atoms with Crippen molar-refractivity contribution in [3.8, 4) is 0 Å². The molecule has 7 aliphatic rings. The fraction of sp³-hybridized carbons (Fsp3) is 0.739. The van der Waals surface area contributed by atoms with Gasteiger partial charge in [0.1, 0.15) is 5.57 Å². The molecule has 0 amide bonds. The van der Waals surface area contributed by atoms with Gasteiger partial charge in [-0.25, -0.2) is 9.59 Å². The lowest BCUT2D eigenvalue weighted by Crippen LogP contribution is -2.55. The molecule has 9 atom stereocenters. The van der Waals surface area contributed by atoms with Crippen LogP contribution < -0.4 is 0 Å². The van der Waals surface area contributed by atoms with Crippen molar-refractivity contribution in [2.75, 3.05) is 0 Å². The van der Waals surface area contributed by atoms with Crippen molar-refractivity contribution in [1.29, 1.82) is 0 Å². The Morgan fingerprint density at radius 1 is 0.645 bits per heavy atom. The molecule has 2 aliphatic heterocycles. The van der Waals surface area contributed by atoms with Crippen LogP contribution in [0.3, 0.4) is 0 Å². The van der Waals surface area contributed by atoms with Crippen LogP contribution in [0, 0.1) is 59.2 Å². The van der Waals surface area contributed by atoms with Crippen molar-refractivity contribution in [1.82, 2.24) is 0 Å². The summed E-state index contributed by atoms with van der Waals surface area (Å²) in [5.41, 5.74) is 0.937. The smallest absolute Gasteiger partial charge is 0.348 e. The number of fused-ring (bicyclic) bond motifs is 2. The van der Waals surface area contributed by atoms with Crippen LogP contribution in [-0.4, -0.2) is 35.5 Å². The second-order valence-electron chi connectivity index (χ2n) is 11.2. The highest BCUT2D eigenvalue weighted by atomic mass is 16.7. The van der Waals surface area contributed by atoms with Crippen molar-refractivity contribution in [3.05, 3.63) is 11.1 Å². The molecule has 0 aromatic rings. The average Bonchev–Trinajstić information content (AvgIpc) is 3.11. The standard InChI is InChI=1S/C23H24O8/c1-22(2)28-18(24)16(19(25)29-22)14-10-6-5-7-9-8(6)12(14)13(9)15(11(7)10)17-20(26)30-23(3,4)31-21(17)27/h6-14,16H,5H2,1-4H3/t6-,7+,8+,9+,10+,11-,12+,13+,14+/m1/s1. The first kappa shape index (κ1) is 18.2. The molecule has 0 spiro atoms. The van der Waals surface area contributed by atoms with Crippen LogP contribution in [-0.2, 0) is 38.1 Å². The Hall–Kier alpha value is -2.38. The van der Waals surface area contributed by atoms with Gasteiger partial charge in [-0.15, -0.1) is 0 Å². The highest BCUT2D eigenvalue weighted by molar-refractivity contribution is 6.16. The Bertz CT molecular complexity index is 994. The van der Waals surface area contributed by atoms with E-state index < -0.39 is 41.4 Å². The van der Waals surface area contributed by atoms with E-state index in [0.29, 0.717) is 23.7 Å². The zero-order valence-corrected chi connectivity index (χ0v) is 17.7. The molecule has 164 valence electrons. The van der Waals surface area contributed by atoms with Crippen LogP contribution in [0.25, 0.3) is 0 Å². The fourth-order valence-corrected chi connectivity index (χ4v) is 9.01. The minimum Gasteiger partial charge on any atom is -0.422 e. The maximum atomic E-state index is 12.9. The summed E-state index contributed by atoms with van der Waals surface area (Å²) in [7, 11) is 0. The molecule has 7 fully saturated rings. The summed E-state index contributed by atoms with van der Waals surface area (Å²) in [6, 6.07) is 0. The number of ether oxygens (including phenoxy) is 4. The SMILES string of the molecule is CC1(C)OC(=O)C(=C2[C@@H]3[C@H]4C[C@@H]5[C@H]6[C@H]4[C@H]2[C@H]6[C@@H](C2C(=O)OC(C)(C)OC2=O)[C@@H]53)C(=O)O1. The molecule has 7 rings (SSSR count). The van der Waals surface area contributed by atoms with Gasteiger partial charge >= 0.3 is 23.9 Å². The van der Waals surface area contributed by atoms with Crippen LogP contribution in [0.1, 0.15) is 34.1 Å². The van der Waals surface area contributed by atoms with Gasteiger partial charge in [0, 0.05) is 27.7 Å². The molecule has 0 unspecified atom stereocenters. The van der Waals surface area contributed by atoms with Gasteiger partial charge in [-0.2, -0.15) is 0 Å². The maximum Gasteiger partial charge on any atom is 0.348 e. The summed E-state index contributed by atoms with van der Waals surface area (Å²) < 4.78 is 21.7. The van der Waals surface area contributed by atoms with E-state index >= 15 is 0 Å². The fourth-order valence-electron chi connectivity index (χ4n) is 9.01. The Labute approximate surface area is 178 Å². The van der Waals surface area contributed by atoms with E-state index in [9.17, 15) is 19.2 Å². The molecule has 0 aromatic carbocycles. The number of cyclic esters (lactones) is 4. The van der Waals surface area contributed by atoms with E-state index in [2.05, 4.69) is 0 Å². The van der Waals surface area contributed by atoms with Crippen molar-refractivity contribution in [2.24, 2.45) is 59.2 Å². The van der Waals surface area contributed by atoms with E-state index in [1.54, 1.807) is 27.7 Å². The van der Waals surface area contributed by atoms with Gasteiger partial charge in [0.15, 0.2) is 5.92 Å². The van der Waals surface area contributed by atoms with Crippen molar-refractivity contribution in [2.45, 2.75) is 45.7 Å². The first-order valence-corrected chi connectivity index (χ1v) is 11.2. The molecule has 8 heteroatoms. The molecule has 5 aliphatic carbocycles. The topological polar surface area (TPSA) is 105 Å². The van der Waals surface area contributed by atoms with E-state index in [-0.39, 0.29) is 35.2 Å². The van der Waals surface area contributed by atoms with Crippen molar-refractivity contribution >= 4 is 23.9 Å². The molecule has 0 radical (unpaired) electrons. The predicted octanol–water partition coefficient (Wildman–Crippen LogP) is 1.58. The third-order valence-corrected chi connectivity index (χ3v) is 9.19. The molecule has 8 nitrogen and oxygen atoms in total. The Balaban J connectivity index is 1.31. The molecule has 2 heterocycles. The predicted molar refractivity (Wildman–Crippen MR) is 99.1 cm³/mol. The van der Waals surface area contributed by atoms with Crippen LogP contribution in [0.15, 0.2) is 11.1 Å². The Morgan fingerprint density at radius 2 is 1.19 bits per heavy atom. The monoisotopic (exact) mass is 428 g/mol. The van der Waals surface area contributed by atoms with E-state index in [1.165, 1.54) is 0 Å². The van der Waals surface area contributed by atoms with Crippen LogP contribution in [0.2, 0.25) is 0 Å². The Kier molecular flexibility index (Phi) is 2.93. The summed E-state index contributed by atoms with van der Waals surface area (Å²) in [6.45, 7) is 6.21. The average molecular weight is 428 g/mol. The number of carbonyl (C=O) groups excluding carboxylic acids is 4. The molecule has 5 saturated carbocycles. The number of carbonyl (C=O) groups is 4. The van der Waals surface area contributed by atoms with Gasteiger partial charge < -0.3 is 18.9 Å². The molecule has 0 N–H and O–H groups in total. The number of hydrogen-bond donors (Lipinski definition) is 0. The van der Waals surface area contributed by atoms with E-state index in [0.717, 1.165) is 12.0 Å². The first-order valence-electron chi connectivity index (χ1n) is 11.2. The minimum absolute atomic E-state index is 0.0202. The zero-order valence-electron chi connectivity index (χ0n) is 17.7. The van der Waals surface area contributed by atoms with Gasteiger partial charge in [0.25, 0.3) is 11.6 Å². The molecule has 2 bridgehead atoms. The molecule has 0 aromatic heterocycles. The lowest BCUT2D eigenvalue weighted by Gasteiger charge is -2.51. The molecule has 31 heavy (non-hydrogen) atoms. The van der Waals surface area contributed by atoms with Gasteiger partial charge in [-0.05, 0) is 65.3 Å². The normalized spacial score (nSPS) is 49.7. The largest absolute Gasteiger partial charge is 0.422 e. The molecular formula is C23H24O8. The van der Waals surface area contributed by atoms with Gasteiger partial charge in [-0.3, -0.25) is 9.59 Å². The highest BCUT2D eigenvalue weighted by Gasteiger charge is 2.84. The van der Waals surface area contributed by atoms with Crippen LogP contribution in [0.4, 0.5) is 0 Å². The first-order chi connectivity index (χ1) is 14.5. The van der Waals surface area contributed by atoms with Gasteiger partial charge in [0.2, 0.25) is 0 Å². The third kappa shape index (κ3) is 1.90. The molecular weight excluding hydrogens is 404 g/mol. The quantitative estimate of drug-likeness (QED) is 0.268. The van der Waals surface area contributed by atoms with Gasteiger partial charge in [-0.1, -0.05) is 0 Å². The van der Waals surface area contributed by atoms with E-state index in [1.807, 2.05) is 0 Å². The van der Waals surface area contributed by atoms with Crippen LogP contribution >= 0.6 is 0 Å². The maximum absolute atomic E-state index is 12.9. The second-order valence-corrected chi connectivity index (χ2v) is 11.2. The number of rotatable bonds is 1. The minimum atomic E-state index is -1.27. The number of hydrogen-bond acceptors (Lipinski definition) is 8. The lowest BCUT2D eigenvalue weighted by atomic mass is 9.54. The van der Waals surface area contributed by atoms with E-state index in [4.69, 9.17) is 18.9 Å². The third-order valence-electron chi connectivity index (χ3n) is 9.19. The second kappa shape index (κ2) is 4.99. The summed E-state index contributed by atoms with van der Waals surface area (Å²) >= 11 is 0. The van der Waals surface area contributed by atoms with Crippen LogP contribution in [0.5, 0.6) is 0 Å². The number of esters is 4. The zero-order chi connectivity index (χ0) is 21.8. The molecule has 2 saturated heterocycles. The summed E-state index contributed by atoms with van der Waals surface area (Å²) in [4.78, 5) is 51.4. The Morgan fingerprint density at radius 3 is 1.81 bits per heavy atom. The number of allylic oxidation sites excluding steroid dienone is 1. The summed E-state index contributed by atoms with van der Waals surface area (Å²) in [6.07, 6.45) is 1.03. The van der Waals surface area contributed by atoms with Crippen molar-refractivity contribution < 1.29 is 38.1 Å². The summed E-state index contributed by atoms with van der Waals surface area (Å²) in [5.74, 6) is -3.92. The summed E-state index contributed by atoms with van der Waals surface area (Å²) in [5, 5.41) is 0. The van der Waals surface area contributed by atoms with Crippen molar-refractivity contribution in [3.63, 3.8) is 0 Å². The highest BCUT2D eigenvalue weighted by Crippen LogP contribution is 2.87. The van der Waals surface area contributed by atoms with Gasteiger partial charge in [0.05, 0.1) is 0 Å². The lowest BCUT2D eigenvalue weighted by molar-refractivity contribution is -0.246.